The van der Waals surface area contributed by atoms with Crippen LogP contribution >= 0.6 is 11.6 Å². The van der Waals surface area contributed by atoms with Crippen LogP contribution in [0.25, 0.3) is 10.9 Å². The van der Waals surface area contributed by atoms with Crippen LogP contribution in [0.1, 0.15) is 56.9 Å². The standard InChI is InChI=1S/C24H30ClN5O3/c1-24(2,3)12-20(23(33)28-17(13-26)9-15-5-4-8-27-21(15)31)30-22(32)19-10-14-6-7-16(25)11-18(14)29-19/h6-7,10-11,15,17,20,29H,4-5,8-9,12H2,1-3H3,(H,27,31)(H,28,33)(H,30,32)/t15-,17?,20?/m0/s1. The number of aromatic amines is 1. The zero-order valence-electron chi connectivity index (χ0n) is 19.1. The van der Waals surface area contributed by atoms with Crippen molar-refractivity contribution in [1.82, 2.24) is 20.9 Å². The molecule has 0 saturated carbocycles. The first-order chi connectivity index (χ1) is 15.6. The van der Waals surface area contributed by atoms with Crippen LogP contribution < -0.4 is 16.0 Å². The molecule has 0 radical (unpaired) electrons. The highest BCUT2D eigenvalue weighted by molar-refractivity contribution is 6.31. The van der Waals surface area contributed by atoms with Gasteiger partial charge in [0.25, 0.3) is 5.91 Å². The second-order valence-corrected chi connectivity index (χ2v) is 10.2. The van der Waals surface area contributed by atoms with Gasteiger partial charge in [-0.3, -0.25) is 14.4 Å². The molecule has 0 bridgehead atoms. The topological polar surface area (TPSA) is 127 Å². The van der Waals surface area contributed by atoms with Crippen molar-refractivity contribution in [1.29, 1.82) is 5.26 Å². The number of nitrogens with zero attached hydrogens (tertiary/aromatic N) is 1. The summed E-state index contributed by atoms with van der Waals surface area (Å²) in [6, 6.07) is 7.40. The van der Waals surface area contributed by atoms with E-state index < -0.39 is 23.9 Å². The molecular weight excluding hydrogens is 442 g/mol. The first-order valence-corrected chi connectivity index (χ1v) is 11.5. The van der Waals surface area contributed by atoms with Crippen LogP contribution in [0.15, 0.2) is 24.3 Å². The minimum Gasteiger partial charge on any atom is -0.356 e. The quantitative estimate of drug-likeness (QED) is 0.494. The second-order valence-electron chi connectivity index (χ2n) is 9.76. The number of benzene rings is 1. The highest BCUT2D eigenvalue weighted by Crippen LogP contribution is 2.23. The van der Waals surface area contributed by atoms with E-state index >= 15 is 0 Å². The van der Waals surface area contributed by atoms with Crippen molar-refractivity contribution in [3.8, 4) is 6.07 Å². The number of amides is 3. The lowest BCUT2D eigenvalue weighted by atomic mass is 9.87. The van der Waals surface area contributed by atoms with Crippen LogP contribution in [0, 0.1) is 22.7 Å². The third-order valence-corrected chi connectivity index (χ3v) is 5.89. The number of piperidine rings is 1. The molecule has 1 aromatic carbocycles. The fourth-order valence-corrected chi connectivity index (χ4v) is 4.21. The smallest absolute Gasteiger partial charge is 0.268 e. The Bertz CT molecular complexity index is 1080. The molecule has 9 heteroatoms. The van der Waals surface area contributed by atoms with Crippen LogP contribution in [0.4, 0.5) is 0 Å². The van der Waals surface area contributed by atoms with Gasteiger partial charge in [-0.1, -0.05) is 38.4 Å². The molecular formula is C24H30ClN5O3. The van der Waals surface area contributed by atoms with E-state index in [0.717, 1.165) is 17.3 Å². The van der Waals surface area contributed by atoms with Gasteiger partial charge in [0.2, 0.25) is 11.8 Å². The molecule has 0 aliphatic carbocycles. The van der Waals surface area contributed by atoms with E-state index in [2.05, 4.69) is 27.0 Å². The highest BCUT2D eigenvalue weighted by Gasteiger charge is 2.31. The Morgan fingerprint density at radius 3 is 2.70 bits per heavy atom. The number of fused-ring (bicyclic) bond motifs is 1. The first kappa shape index (κ1) is 24.6. The molecule has 1 aliphatic heterocycles. The van der Waals surface area contributed by atoms with E-state index in [-0.39, 0.29) is 23.7 Å². The number of halogens is 1. The highest BCUT2D eigenvalue weighted by atomic mass is 35.5. The van der Waals surface area contributed by atoms with Gasteiger partial charge >= 0.3 is 0 Å². The third kappa shape index (κ3) is 6.72. The molecule has 1 aliphatic rings. The number of hydrogen-bond acceptors (Lipinski definition) is 4. The zero-order valence-corrected chi connectivity index (χ0v) is 19.9. The number of rotatable bonds is 7. The van der Waals surface area contributed by atoms with Crippen LogP contribution in [0.5, 0.6) is 0 Å². The average molecular weight is 472 g/mol. The summed E-state index contributed by atoms with van der Waals surface area (Å²) in [4.78, 5) is 41.1. The SMILES string of the molecule is CC(C)(C)CC(NC(=O)c1cc2ccc(Cl)cc2[nH]1)C(=O)NC(C#N)C[C@@H]1CCCNC1=O. The van der Waals surface area contributed by atoms with Gasteiger partial charge in [0.05, 0.1) is 6.07 Å². The molecule has 1 fully saturated rings. The van der Waals surface area contributed by atoms with Gasteiger partial charge in [-0.05, 0) is 49.3 Å². The molecule has 176 valence electrons. The Hall–Kier alpha value is -3.05. The lowest BCUT2D eigenvalue weighted by Gasteiger charge is -2.28. The summed E-state index contributed by atoms with van der Waals surface area (Å²) in [6.45, 7) is 6.55. The van der Waals surface area contributed by atoms with Crippen molar-refractivity contribution in [3.05, 3.63) is 35.0 Å². The van der Waals surface area contributed by atoms with E-state index in [9.17, 15) is 19.6 Å². The molecule has 0 spiro atoms. The number of carbonyl (C=O) groups excluding carboxylic acids is 3. The maximum Gasteiger partial charge on any atom is 0.268 e. The van der Waals surface area contributed by atoms with Crippen LogP contribution in [0.3, 0.4) is 0 Å². The van der Waals surface area contributed by atoms with Crippen molar-refractivity contribution < 1.29 is 14.4 Å². The predicted molar refractivity (Wildman–Crippen MR) is 127 cm³/mol. The van der Waals surface area contributed by atoms with Gasteiger partial charge in [-0.25, -0.2) is 0 Å². The number of H-pyrrole nitrogens is 1. The Morgan fingerprint density at radius 1 is 1.27 bits per heavy atom. The van der Waals surface area contributed by atoms with Gasteiger partial charge < -0.3 is 20.9 Å². The fourth-order valence-electron chi connectivity index (χ4n) is 4.04. The minimum absolute atomic E-state index is 0.0887. The molecule has 2 unspecified atom stereocenters. The number of aromatic nitrogens is 1. The molecule has 3 amide bonds. The van der Waals surface area contributed by atoms with E-state index in [1.807, 2.05) is 26.8 Å². The Labute approximate surface area is 198 Å². The van der Waals surface area contributed by atoms with Gasteiger partial charge in [0.1, 0.15) is 17.8 Å². The van der Waals surface area contributed by atoms with Crippen LogP contribution in [-0.4, -0.2) is 41.3 Å². The summed E-state index contributed by atoms with van der Waals surface area (Å²) in [5.74, 6) is -1.26. The monoisotopic (exact) mass is 471 g/mol. The molecule has 3 atom stereocenters. The minimum atomic E-state index is -0.844. The Kier molecular flexibility index (Phi) is 7.65. The molecule has 2 heterocycles. The maximum absolute atomic E-state index is 13.1. The summed E-state index contributed by atoms with van der Waals surface area (Å²) in [5, 5.41) is 19.3. The van der Waals surface area contributed by atoms with Gasteiger partial charge in [0.15, 0.2) is 0 Å². The van der Waals surface area contributed by atoms with Crippen LogP contribution in [-0.2, 0) is 9.59 Å². The van der Waals surface area contributed by atoms with Crippen molar-refractivity contribution in [2.75, 3.05) is 6.54 Å². The van der Waals surface area contributed by atoms with Gasteiger partial charge in [-0.2, -0.15) is 5.26 Å². The van der Waals surface area contributed by atoms with E-state index in [1.165, 1.54) is 0 Å². The summed E-state index contributed by atoms with van der Waals surface area (Å²) in [5.41, 5.74) is 0.781. The van der Waals surface area contributed by atoms with Crippen molar-refractivity contribution in [3.63, 3.8) is 0 Å². The molecule has 1 saturated heterocycles. The van der Waals surface area contributed by atoms with Gasteiger partial charge in [-0.15, -0.1) is 0 Å². The molecule has 4 N–H and O–H groups in total. The number of nitrogens with one attached hydrogen (secondary N) is 4. The average Bonchev–Trinajstić information content (AvgIpc) is 3.16. The number of nitriles is 1. The van der Waals surface area contributed by atoms with E-state index in [0.29, 0.717) is 30.1 Å². The molecule has 3 rings (SSSR count). The summed E-state index contributed by atoms with van der Waals surface area (Å²) >= 11 is 6.02. The number of hydrogen-bond donors (Lipinski definition) is 4. The molecule has 33 heavy (non-hydrogen) atoms. The van der Waals surface area contributed by atoms with Crippen molar-refractivity contribution >= 4 is 40.2 Å². The predicted octanol–water partition coefficient (Wildman–Crippen LogP) is 3.28. The number of carbonyl (C=O) groups is 3. The van der Waals surface area contributed by atoms with E-state index in [1.54, 1.807) is 18.2 Å². The van der Waals surface area contributed by atoms with Crippen molar-refractivity contribution in [2.24, 2.45) is 11.3 Å². The largest absolute Gasteiger partial charge is 0.356 e. The molecule has 8 nitrogen and oxygen atoms in total. The third-order valence-electron chi connectivity index (χ3n) is 5.66. The lowest BCUT2D eigenvalue weighted by Crippen LogP contribution is -2.51. The van der Waals surface area contributed by atoms with Crippen molar-refractivity contribution in [2.45, 2.75) is 58.5 Å². The first-order valence-electron chi connectivity index (χ1n) is 11.1. The fraction of sp³-hybridized carbons (Fsp3) is 0.500. The summed E-state index contributed by atoms with van der Waals surface area (Å²) < 4.78 is 0. The molecule has 1 aromatic heterocycles. The zero-order chi connectivity index (χ0) is 24.2. The summed E-state index contributed by atoms with van der Waals surface area (Å²) in [7, 11) is 0. The summed E-state index contributed by atoms with van der Waals surface area (Å²) in [6.07, 6.45) is 2.15. The Morgan fingerprint density at radius 2 is 2.03 bits per heavy atom. The Balaban J connectivity index is 1.72. The van der Waals surface area contributed by atoms with E-state index in [4.69, 9.17) is 11.6 Å². The normalized spacial score (nSPS) is 18.2. The van der Waals surface area contributed by atoms with Crippen LogP contribution in [0.2, 0.25) is 5.02 Å². The van der Waals surface area contributed by atoms with Gasteiger partial charge in [0, 0.05) is 28.4 Å². The lowest BCUT2D eigenvalue weighted by molar-refractivity contribution is -0.128. The maximum atomic E-state index is 13.1. The second kappa shape index (κ2) is 10.3. The molecule has 2 aromatic rings.